The monoisotopic (exact) mass is 382 g/mol. The Morgan fingerprint density at radius 3 is 1.90 bits per heavy atom. The molecule has 0 radical (unpaired) electrons. The van der Waals surface area contributed by atoms with Gasteiger partial charge in [0.1, 0.15) is 11.6 Å². The van der Waals surface area contributed by atoms with Gasteiger partial charge in [-0.05, 0) is 51.1 Å². The molecule has 4 aromatic rings. The van der Waals surface area contributed by atoms with Gasteiger partial charge in [0.25, 0.3) is 0 Å². The maximum atomic E-state index is 4.55. The van der Waals surface area contributed by atoms with Gasteiger partial charge >= 0.3 is 0 Å². The fraction of sp³-hybridized carbons (Fsp3) is 0.130. The number of hydrogen-bond donors (Lipinski definition) is 2. The summed E-state index contributed by atoms with van der Waals surface area (Å²) >= 11 is 0. The summed E-state index contributed by atoms with van der Waals surface area (Å²) in [4.78, 5) is 17.9. The summed E-state index contributed by atoms with van der Waals surface area (Å²) < 4.78 is 0. The summed E-state index contributed by atoms with van der Waals surface area (Å²) in [5, 5.41) is 6.59. The van der Waals surface area contributed by atoms with Gasteiger partial charge in [0, 0.05) is 34.4 Å². The summed E-state index contributed by atoms with van der Waals surface area (Å²) in [5.41, 5.74) is 5.69. The number of hydrogen-bond acceptors (Lipinski definition) is 6. The van der Waals surface area contributed by atoms with E-state index in [1.165, 1.54) is 0 Å². The van der Waals surface area contributed by atoms with Gasteiger partial charge in [0.2, 0.25) is 5.95 Å². The van der Waals surface area contributed by atoms with E-state index in [-0.39, 0.29) is 0 Å². The third-order valence-electron chi connectivity index (χ3n) is 4.30. The molecule has 0 atom stereocenters. The molecule has 144 valence electrons. The van der Waals surface area contributed by atoms with E-state index < -0.39 is 0 Å². The second kappa shape index (κ2) is 8.06. The van der Waals surface area contributed by atoms with E-state index in [1.54, 1.807) is 0 Å². The third-order valence-corrected chi connectivity index (χ3v) is 4.30. The average molecular weight is 382 g/mol. The van der Waals surface area contributed by atoms with Crippen LogP contribution in [0.5, 0.6) is 0 Å². The van der Waals surface area contributed by atoms with Crippen molar-refractivity contribution in [3.8, 4) is 11.3 Å². The van der Waals surface area contributed by atoms with E-state index >= 15 is 0 Å². The van der Waals surface area contributed by atoms with Crippen LogP contribution in [-0.2, 0) is 0 Å². The zero-order valence-electron chi connectivity index (χ0n) is 16.6. The summed E-state index contributed by atoms with van der Waals surface area (Å²) in [6.45, 7) is 5.81. The predicted octanol–water partition coefficient (Wildman–Crippen LogP) is 5.35. The highest BCUT2D eigenvalue weighted by Gasteiger charge is 2.05. The lowest BCUT2D eigenvalue weighted by Gasteiger charge is -2.10. The molecule has 2 aromatic carbocycles. The van der Waals surface area contributed by atoms with Crippen molar-refractivity contribution in [2.75, 3.05) is 10.6 Å². The predicted molar refractivity (Wildman–Crippen MR) is 117 cm³/mol. The maximum Gasteiger partial charge on any atom is 0.227 e. The highest BCUT2D eigenvalue weighted by Crippen LogP contribution is 2.23. The smallest absolute Gasteiger partial charge is 0.227 e. The van der Waals surface area contributed by atoms with Crippen LogP contribution in [0, 0.1) is 20.8 Å². The third kappa shape index (κ3) is 4.73. The summed E-state index contributed by atoms with van der Waals surface area (Å²) in [6, 6.07) is 21.9. The number of benzene rings is 2. The van der Waals surface area contributed by atoms with E-state index in [1.807, 2.05) is 87.5 Å². The normalized spacial score (nSPS) is 10.6. The quantitative estimate of drug-likeness (QED) is 0.485. The molecule has 0 spiro atoms. The Morgan fingerprint density at radius 2 is 1.24 bits per heavy atom. The van der Waals surface area contributed by atoms with E-state index in [4.69, 9.17) is 0 Å². The van der Waals surface area contributed by atoms with E-state index in [0.29, 0.717) is 5.95 Å². The van der Waals surface area contributed by atoms with Gasteiger partial charge in [-0.1, -0.05) is 30.3 Å². The number of nitrogens with zero attached hydrogens (tertiary/aromatic N) is 4. The van der Waals surface area contributed by atoms with Crippen molar-refractivity contribution in [2.45, 2.75) is 20.8 Å². The van der Waals surface area contributed by atoms with Crippen molar-refractivity contribution in [1.29, 1.82) is 0 Å². The fourth-order valence-electron chi connectivity index (χ4n) is 3.08. The lowest BCUT2D eigenvalue weighted by Crippen LogP contribution is -2.01. The molecule has 2 heterocycles. The molecule has 0 bridgehead atoms. The molecular weight excluding hydrogens is 360 g/mol. The Morgan fingerprint density at radius 1 is 0.621 bits per heavy atom. The van der Waals surface area contributed by atoms with Crippen molar-refractivity contribution in [2.24, 2.45) is 0 Å². The van der Waals surface area contributed by atoms with Gasteiger partial charge in [-0.3, -0.25) is 0 Å². The van der Waals surface area contributed by atoms with Crippen molar-refractivity contribution >= 4 is 23.1 Å². The number of aromatic nitrogens is 4. The second-order valence-electron chi connectivity index (χ2n) is 6.85. The van der Waals surface area contributed by atoms with Crippen LogP contribution in [0.3, 0.4) is 0 Å². The summed E-state index contributed by atoms with van der Waals surface area (Å²) in [7, 11) is 0. The number of nitrogens with one attached hydrogen (secondary N) is 2. The first-order valence-corrected chi connectivity index (χ1v) is 9.43. The Hall–Kier alpha value is -3.80. The number of aryl methyl sites for hydroxylation is 3. The van der Waals surface area contributed by atoms with Crippen LogP contribution in [-0.4, -0.2) is 19.9 Å². The van der Waals surface area contributed by atoms with Crippen LogP contribution < -0.4 is 10.6 Å². The van der Waals surface area contributed by atoms with Gasteiger partial charge in [-0.2, -0.15) is 0 Å². The summed E-state index contributed by atoms with van der Waals surface area (Å²) in [5.74, 6) is 2.08. The topological polar surface area (TPSA) is 75.6 Å². The van der Waals surface area contributed by atoms with E-state index in [2.05, 4.69) is 30.6 Å². The zero-order chi connectivity index (χ0) is 20.2. The molecule has 6 heteroatoms. The minimum Gasteiger partial charge on any atom is -0.340 e. The molecule has 29 heavy (non-hydrogen) atoms. The van der Waals surface area contributed by atoms with Crippen LogP contribution in [0.1, 0.15) is 17.2 Å². The van der Waals surface area contributed by atoms with Crippen LogP contribution in [0.15, 0.2) is 66.7 Å². The number of rotatable bonds is 5. The Labute approximate surface area is 170 Å². The van der Waals surface area contributed by atoms with Gasteiger partial charge in [0.15, 0.2) is 0 Å². The second-order valence-corrected chi connectivity index (χ2v) is 6.85. The molecule has 0 aliphatic heterocycles. The molecule has 0 aliphatic carbocycles. The maximum absolute atomic E-state index is 4.55. The molecule has 0 saturated carbocycles. The van der Waals surface area contributed by atoms with Gasteiger partial charge < -0.3 is 10.6 Å². The van der Waals surface area contributed by atoms with Crippen molar-refractivity contribution in [3.05, 3.63) is 83.9 Å². The molecule has 0 amide bonds. The van der Waals surface area contributed by atoms with Crippen LogP contribution in [0.2, 0.25) is 0 Å². The van der Waals surface area contributed by atoms with Crippen LogP contribution in [0.25, 0.3) is 11.3 Å². The molecular formula is C23H22N6. The van der Waals surface area contributed by atoms with Crippen LogP contribution in [0.4, 0.5) is 23.1 Å². The first kappa shape index (κ1) is 18.6. The largest absolute Gasteiger partial charge is 0.340 e. The molecule has 0 aliphatic rings. The fourth-order valence-corrected chi connectivity index (χ4v) is 3.08. The molecule has 2 N–H and O–H groups in total. The minimum absolute atomic E-state index is 0.599. The van der Waals surface area contributed by atoms with Crippen molar-refractivity contribution < 1.29 is 0 Å². The molecule has 2 aromatic heterocycles. The van der Waals surface area contributed by atoms with Crippen molar-refractivity contribution in [1.82, 2.24) is 19.9 Å². The minimum atomic E-state index is 0.599. The molecule has 6 nitrogen and oxygen atoms in total. The molecule has 0 unspecified atom stereocenters. The Balaban J connectivity index is 1.51. The summed E-state index contributed by atoms with van der Waals surface area (Å²) in [6.07, 6.45) is 0. The van der Waals surface area contributed by atoms with Crippen LogP contribution >= 0.6 is 0 Å². The van der Waals surface area contributed by atoms with E-state index in [0.717, 1.165) is 45.7 Å². The lowest BCUT2D eigenvalue weighted by molar-refractivity contribution is 1.06. The van der Waals surface area contributed by atoms with Gasteiger partial charge in [0.05, 0.1) is 5.69 Å². The van der Waals surface area contributed by atoms with Gasteiger partial charge in [-0.15, -0.1) is 0 Å². The van der Waals surface area contributed by atoms with Gasteiger partial charge in [-0.25, -0.2) is 19.9 Å². The van der Waals surface area contributed by atoms with E-state index in [9.17, 15) is 0 Å². The van der Waals surface area contributed by atoms with Crippen molar-refractivity contribution in [3.63, 3.8) is 0 Å². The zero-order valence-corrected chi connectivity index (χ0v) is 16.6. The Kier molecular flexibility index (Phi) is 5.16. The standard InChI is InChI=1S/C23H22N6/c1-15-13-16(2)25-23(24-15)29-20-11-9-19(10-12-20)28-22-14-21(26-17(3)27-22)18-7-5-4-6-8-18/h4-14H,1-3H3,(H,24,25,29)(H,26,27,28). The SMILES string of the molecule is Cc1cc(C)nc(Nc2ccc(Nc3cc(-c4ccccc4)nc(C)n3)cc2)n1. The first-order chi connectivity index (χ1) is 14.0. The highest BCUT2D eigenvalue weighted by molar-refractivity contribution is 5.67. The lowest BCUT2D eigenvalue weighted by atomic mass is 10.1. The average Bonchev–Trinajstić information content (AvgIpc) is 2.69. The first-order valence-electron chi connectivity index (χ1n) is 9.43. The molecule has 0 fully saturated rings. The molecule has 4 rings (SSSR count). The number of anilines is 4. The molecule has 0 saturated heterocycles. The highest BCUT2D eigenvalue weighted by atomic mass is 15.1. The Bertz CT molecular complexity index is 1100.